The number of rotatable bonds is 4. The lowest BCUT2D eigenvalue weighted by molar-refractivity contribution is -0.122. The summed E-state index contributed by atoms with van der Waals surface area (Å²) in [5.41, 5.74) is 6.18. The Hall–Kier alpha value is -2.82. The van der Waals surface area contributed by atoms with Crippen molar-refractivity contribution in [3.8, 4) is 11.5 Å². The molecular weight excluding hydrogens is 340 g/mol. The summed E-state index contributed by atoms with van der Waals surface area (Å²) in [6.45, 7) is 6.85. The minimum Gasteiger partial charge on any atom is -0.454 e. The summed E-state index contributed by atoms with van der Waals surface area (Å²) in [4.78, 5) is 12.3. The molecule has 1 aliphatic carbocycles. The van der Waals surface area contributed by atoms with Gasteiger partial charge in [0.1, 0.15) is 0 Å². The molecule has 0 saturated heterocycles. The number of benzene rings is 2. The molecule has 1 heterocycles. The lowest BCUT2D eigenvalue weighted by atomic mass is 9.86. The van der Waals surface area contributed by atoms with E-state index in [0.29, 0.717) is 11.7 Å². The first-order valence-corrected chi connectivity index (χ1v) is 9.25. The number of nitrogens with one attached hydrogen (secondary N) is 1. The van der Waals surface area contributed by atoms with Crippen molar-refractivity contribution in [3.63, 3.8) is 0 Å². The molecule has 2 atom stereocenters. The Labute approximate surface area is 159 Å². The van der Waals surface area contributed by atoms with E-state index in [1.807, 2.05) is 18.2 Å². The topological polar surface area (TPSA) is 59.9 Å². The molecule has 2 aromatic carbocycles. The summed E-state index contributed by atoms with van der Waals surface area (Å²) < 4.78 is 10.6. The molecule has 2 aliphatic rings. The average Bonchev–Trinajstić information content (AvgIpc) is 3.31. The third kappa shape index (κ3) is 3.82. The van der Waals surface area contributed by atoms with Crippen molar-refractivity contribution >= 4 is 12.1 Å². The molecular formula is C22H24N2O3. The molecule has 1 aliphatic heterocycles. The van der Waals surface area contributed by atoms with Crippen molar-refractivity contribution in [1.29, 1.82) is 0 Å². The van der Waals surface area contributed by atoms with Crippen molar-refractivity contribution < 1.29 is 14.3 Å². The van der Waals surface area contributed by atoms with E-state index in [0.717, 1.165) is 17.7 Å². The predicted molar refractivity (Wildman–Crippen MR) is 104 cm³/mol. The highest BCUT2D eigenvalue weighted by Gasteiger charge is 2.44. The van der Waals surface area contributed by atoms with Crippen molar-refractivity contribution in [2.75, 3.05) is 6.79 Å². The first kappa shape index (κ1) is 17.6. The van der Waals surface area contributed by atoms with E-state index in [-0.39, 0.29) is 24.0 Å². The number of hydrogen-bond donors (Lipinski definition) is 1. The molecule has 0 radical (unpaired) electrons. The molecule has 1 fully saturated rings. The normalized spacial score (nSPS) is 20.7. The lowest BCUT2D eigenvalue weighted by Crippen LogP contribution is -2.20. The van der Waals surface area contributed by atoms with Gasteiger partial charge in [-0.15, -0.1) is 0 Å². The van der Waals surface area contributed by atoms with Crippen LogP contribution in [0.15, 0.2) is 47.6 Å². The van der Waals surface area contributed by atoms with E-state index >= 15 is 0 Å². The summed E-state index contributed by atoms with van der Waals surface area (Å²) in [6, 6.07) is 14.2. The predicted octanol–water partition coefficient (Wildman–Crippen LogP) is 3.97. The van der Waals surface area contributed by atoms with Gasteiger partial charge in [0.15, 0.2) is 11.5 Å². The Morgan fingerprint density at radius 1 is 1.11 bits per heavy atom. The minimum absolute atomic E-state index is 0.000564. The van der Waals surface area contributed by atoms with E-state index in [2.05, 4.69) is 55.6 Å². The van der Waals surface area contributed by atoms with Gasteiger partial charge in [-0.3, -0.25) is 4.79 Å². The van der Waals surface area contributed by atoms with Crippen LogP contribution < -0.4 is 14.9 Å². The van der Waals surface area contributed by atoms with Gasteiger partial charge in [-0.05, 0) is 52.6 Å². The zero-order valence-corrected chi connectivity index (χ0v) is 15.9. The standard InChI is InChI=1S/C22H24N2O3/c1-22(2,3)16-7-5-15(6-8-16)17-11-18(17)21(25)24-23-12-14-4-9-19-20(10-14)27-13-26-19/h4-10,12,17-18H,11,13H2,1-3H3,(H,24,25)/t17-,18-/m0/s1. The lowest BCUT2D eigenvalue weighted by Gasteiger charge is -2.19. The van der Waals surface area contributed by atoms with Crippen LogP contribution >= 0.6 is 0 Å². The number of carbonyl (C=O) groups excluding carboxylic acids is 1. The monoisotopic (exact) mass is 364 g/mol. The maximum absolute atomic E-state index is 12.3. The van der Waals surface area contributed by atoms with Crippen LogP contribution in [-0.2, 0) is 10.2 Å². The fourth-order valence-electron chi connectivity index (χ4n) is 3.33. The highest BCUT2D eigenvalue weighted by atomic mass is 16.7. The van der Waals surface area contributed by atoms with Crippen LogP contribution in [0.2, 0.25) is 0 Å². The first-order valence-electron chi connectivity index (χ1n) is 9.25. The maximum atomic E-state index is 12.3. The van der Waals surface area contributed by atoms with E-state index < -0.39 is 0 Å². The number of hydrogen-bond acceptors (Lipinski definition) is 4. The summed E-state index contributed by atoms with van der Waals surface area (Å²) in [7, 11) is 0. The Kier molecular flexibility index (Phi) is 4.38. The molecule has 27 heavy (non-hydrogen) atoms. The highest BCUT2D eigenvalue weighted by Crippen LogP contribution is 2.47. The Balaban J connectivity index is 1.32. The summed E-state index contributed by atoms with van der Waals surface area (Å²) in [5.74, 6) is 1.69. The molecule has 0 bridgehead atoms. The fraction of sp³-hybridized carbons (Fsp3) is 0.364. The Morgan fingerprint density at radius 3 is 2.59 bits per heavy atom. The molecule has 1 N–H and O–H groups in total. The van der Waals surface area contributed by atoms with Crippen LogP contribution in [-0.4, -0.2) is 18.9 Å². The van der Waals surface area contributed by atoms with Gasteiger partial charge in [-0.25, -0.2) is 5.43 Å². The largest absolute Gasteiger partial charge is 0.454 e. The van der Waals surface area contributed by atoms with Crippen LogP contribution in [0.25, 0.3) is 0 Å². The van der Waals surface area contributed by atoms with Crippen LogP contribution in [0.1, 0.15) is 49.8 Å². The quantitative estimate of drug-likeness (QED) is 0.660. The third-order valence-electron chi connectivity index (χ3n) is 5.12. The molecule has 2 aromatic rings. The van der Waals surface area contributed by atoms with E-state index in [1.54, 1.807) is 6.21 Å². The Morgan fingerprint density at radius 2 is 1.85 bits per heavy atom. The van der Waals surface area contributed by atoms with Crippen LogP contribution in [0, 0.1) is 5.92 Å². The van der Waals surface area contributed by atoms with Gasteiger partial charge in [-0.2, -0.15) is 5.10 Å². The minimum atomic E-state index is -0.0307. The SMILES string of the molecule is CC(C)(C)c1ccc([C@@H]2C[C@@H]2C(=O)NN=Cc2ccc3c(c2)OCO3)cc1. The second-order valence-electron chi connectivity index (χ2n) is 8.17. The zero-order valence-electron chi connectivity index (χ0n) is 15.9. The molecule has 0 aromatic heterocycles. The maximum Gasteiger partial charge on any atom is 0.243 e. The van der Waals surface area contributed by atoms with Crippen molar-refractivity contribution in [3.05, 3.63) is 59.2 Å². The van der Waals surface area contributed by atoms with Gasteiger partial charge in [0.2, 0.25) is 12.7 Å². The summed E-state index contributed by atoms with van der Waals surface area (Å²) >= 11 is 0. The number of carbonyl (C=O) groups is 1. The first-order chi connectivity index (χ1) is 12.9. The van der Waals surface area contributed by atoms with Gasteiger partial charge < -0.3 is 9.47 Å². The molecule has 1 amide bonds. The number of ether oxygens (including phenoxy) is 2. The Bertz CT molecular complexity index is 881. The summed E-state index contributed by atoms with van der Waals surface area (Å²) in [5, 5.41) is 4.08. The van der Waals surface area contributed by atoms with Crippen molar-refractivity contribution in [2.45, 2.75) is 38.5 Å². The molecule has 0 unspecified atom stereocenters. The third-order valence-corrected chi connectivity index (χ3v) is 5.12. The van der Waals surface area contributed by atoms with E-state index in [4.69, 9.17) is 9.47 Å². The van der Waals surface area contributed by atoms with Crippen LogP contribution in [0.3, 0.4) is 0 Å². The van der Waals surface area contributed by atoms with E-state index in [1.165, 1.54) is 11.1 Å². The number of nitrogens with zero attached hydrogens (tertiary/aromatic N) is 1. The molecule has 140 valence electrons. The van der Waals surface area contributed by atoms with E-state index in [9.17, 15) is 4.79 Å². The molecule has 0 spiro atoms. The van der Waals surface area contributed by atoms with Crippen molar-refractivity contribution in [2.24, 2.45) is 11.0 Å². The second kappa shape index (κ2) is 6.72. The van der Waals surface area contributed by atoms with Crippen LogP contribution in [0.4, 0.5) is 0 Å². The molecule has 5 nitrogen and oxygen atoms in total. The zero-order chi connectivity index (χ0) is 19.0. The second-order valence-corrected chi connectivity index (χ2v) is 8.17. The fourth-order valence-corrected chi connectivity index (χ4v) is 3.33. The number of amides is 1. The van der Waals surface area contributed by atoms with Crippen molar-refractivity contribution in [1.82, 2.24) is 5.43 Å². The molecule has 1 saturated carbocycles. The highest BCUT2D eigenvalue weighted by molar-refractivity contribution is 5.86. The van der Waals surface area contributed by atoms with Gasteiger partial charge in [-0.1, -0.05) is 45.0 Å². The van der Waals surface area contributed by atoms with Gasteiger partial charge in [0.05, 0.1) is 6.21 Å². The number of hydrazone groups is 1. The molecule has 4 rings (SSSR count). The molecule has 5 heteroatoms. The van der Waals surface area contributed by atoms with Gasteiger partial charge >= 0.3 is 0 Å². The number of fused-ring (bicyclic) bond motifs is 1. The summed E-state index contributed by atoms with van der Waals surface area (Å²) in [6.07, 6.45) is 2.50. The van der Waals surface area contributed by atoms with Crippen LogP contribution in [0.5, 0.6) is 11.5 Å². The van der Waals surface area contributed by atoms with Gasteiger partial charge in [0.25, 0.3) is 0 Å². The van der Waals surface area contributed by atoms with Gasteiger partial charge in [0, 0.05) is 5.92 Å². The average molecular weight is 364 g/mol. The smallest absolute Gasteiger partial charge is 0.243 e.